The van der Waals surface area contributed by atoms with Crippen LogP contribution < -0.4 is 10.2 Å². The number of aromatic nitrogens is 1. The maximum atomic E-state index is 10.3. The number of nitrogens with one attached hydrogen (secondary N) is 1. The van der Waals surface area contributed by atoms with Gasteiger partial charge in [-0.2, -0.15) is 0 Å². The fraction of sp³-hybridized carbons (Fsp3) is 0.455. The van der Waals surface area contributed by atoms with Crippen LogP contribution >= 0.6 is 0 Å². The lowest BCUT2D eigenvalue weighted by Gasteiger charge is -2.55. The molecule has 2 saturated heterocycles. The number of pyridine rings is 1. The second-order valence-corrected chi connectivity index (χ2v) is 4.49. The van der Waals surface area contributed by atoms with E-state index >= 15 is 0 Å². The average molecular weight is 219 g/mol. The first-order valence-corrected chi connectivity index (χ1v) is 5.31. The van der Waals surface area contributed by atoms with Gasteiger partial charge in [0.1, 0.15) is 11.6 Å². The van der Waals surface area contributed by atoms with E-state index in [2.05, 4.69) is 15.2 Å². The Morgan fingerprint density at radius 3 is 2.88 bits per heavy atom. The van der Waals surface area contributed by atoms with Crippen LogP contribution in [0.4, 0.5) is 11.6 Å². The minimum absolute atomic E-state index is 0.385. The number of hydrogen-bond donors (Lipinski definition) is 1. The van der Waals surface area contributed by atoms with E-state index in [4.69, 9.17) is 4.74 Å². The third-order valence-corrected chi connectivity index (χ3v) is 3.13. The molecule has 1 aromatic rings. The van der Waals surface area contributed by atoms with Crippen molar-refractivity contribution in [3.8, 4) is 0 Å². The largest absolute Gasteiger partial charge is 0.380 e. The van der Waals surface area contributed by atoms with Gasteiger partial charge in [-0.05, 0) is 12.1 Å². The van der Waals surface area contributed by atoms with Crippen LogP contribution in [0.15, 0.2) is 18.2 Å². The van der Waals surface area contributed by atoms with Crippen LogP contribution in [0.2, 0.25) is 0 Å². The van der Waals surface area contributed by atoms with Crippen molar-refractivity contribution < 1.29 is 9.53 Å². The number of carbonyl (C=O) groups excluding carboxylic acids is 1. The van der Waals surface area contributed by atoms with Crippen molar-refractivity contribution in [1.82, 2.24) is 4.98 Å². The molecule has 16 heavy (non-hydrogen) atoms. The van der Waals surface area contributed by atoms with Crippen LogP contribution in [0.1, 0.15) is 0 Å². The maximum absolute atomic E-state index is 10.3. The Labute approximate surface area is 93.4 Å². The van der Waals surface area contributed by atoms with Gasteiger partial charge in [-0.1, -0.05) is 6.07 Å². The molecule has 0 unspecified atom stereocenters. The van der Waals surface area contributed by atoms with Crippen LogP contribution in [0.3, 0.4) is 0 Å². The summed E-state index contributed by atoms with van der Waals surface area (Å²) in [7, 11) is 0. The highest BCUT2D eigenvalue weighted by Crippen LogP contribution is 2.39. The second kappa shape index (κ2) is 3.45. The van der Waals surface area contributed by atoms with Crippen LogP contribution in [-0.2, 0) is 9.53 Å². The van der Waals surface area contributed by atoms with Crippen molar-refractivity contribution in [3.63, 3.8) is 0 Å². The Hall–Kier alpha value is -1.62. The monoisotopic (exact) mass is 219 g/mol. The molecule has 3 rings (SSSR count). The Balaban J connectivity index is 1.70. The molecule has 0 bridgehead atoms. The predicted molar refractivity (Wildman–Crippen MR) is 59.4 cm³/mol. The van der Waals surface area contributed by atoms with Gasteiger partial charge in [-0.25, -0.2) is 4.98 Å². The molecule has 0 aliphatic carbocycles. The molecule has 2 aliphatic heterocycles. The van der Waals surface area contributed by atoms with Gasteiger partial charge in [-0.15, -0.1) is 0 Å². The van der Waals surface area contributed by atoms with Gasteiger partial charge in [0.2, 0.25) is 6.41 Å². The SMILES string of the molecule is O=CNc1cccc(N2CC3(COC3)C2)n1. The van der Waals surface area contributed by atoms with E-state index in [1.807, 2.05) is 12.1 Å². The second-order valence-electron chi connectivity index (χ2n) is 4.49. The molecule has 0 radical (unpaired) electrons. The zero-order valence-electron chi connectivity index (χ0n) is 8.85. The third kappa shape index (κ3) is 1.44. The van der Waals surface area contributed by atoms with Gasteiger partial charge >= 0.3 is 0 Å². The first kappa shape index (κ1) is 9.59. The van der Waals surface area contributed by atoms with Gasteiger partial charge in [0.15, 0.2) is 0 Å². The molecule has 84 valence electrons. The zero-order valence-corrected chi connectivity index (χ0v) is 8.85. The molecule has 1 spiro atoms. The molecule has 3 heterocycles. The zero-order chi connectivity index (χ0) is 11.0. The van der Waals surface area contributed by atoms with Gasteiger partial charge in [-0.3, -0.25) is 4.79 Å². The summed E-state index contributed by atoms with van der Waals surface area (Å²) in [6.07, 6.45) is 0.642. The molecule has 0 aromatic carbocycles. The van der Waals surface area contributed by atoms with E-state index in [1.165, 1.54) is 0 Å². The minimum atomic E-state index is 0.385. The van der Waals surface area contributed by atoms with E-state index in [0.29, 0.717) is 17.6 Å². The number of ether oxygens (including phenoxy) is 1. The topological polar surface area (TPSA) is 54.5 Å². The first-order chi connectivity index (χ1) is 7.81. The van der Waals surface area contributed by atoms with Crippen LogP contribution in [-0.4, -0.2) is 37.7 Å². The van der Waals surface area contributed by atoms with Gasteiger partial charge in [0, 0.05) is 13.1 Å². The number of carbonyl (C=O) groups is 1. The van der Waals surface area contributed by atoms with Crippen molar-refractivity contribution >= 4 is 18.0 Å². The normalized spacial score (nSPS) is 21.1. The fourth-order valence-electron chi connectivity index (χ4n) is 2.24. The fourth-order valence-corrected chi connectivity index (χ4v) is 2.24. The summed E-state index contributed by atoms with van der Waals surface area (Å²) in [6, 6.07) is 5.64. The first-order valence-electron chi connectivity index (χ1n) is 5.31. The van der Waals surface area contributed by atoms with E-state index < -0.39 is 0 Å². The summed E-state index contributed by atoms with van der Waals surface area (Å²) in [5.41, 5.74) is 0.385. The van der Waals surface area contributed by atoms with Gasteiger partial charge in [0.05, 0.1) is 18.6 Å². The van der Waals surface area contributed by atoms with E-state index in [-0.39, 0.29) is 0 Å². The highest BCUT2D eigenvalue weighted by atomic mass is 16.5. The highest BCUT2D eigenvalue weighted by Gasteiger charge is 2.49. The van der Waals surface area contributed by atoms with E-state index in [0.717, 1.165) is 32.1 Å². The Morgan fingerprint density at radius 2 is 2.25 bits per heavy atom. The minimum Gasteiger partial charge on any atom is -0.380 e. The molecule has 0 atom stereocenters. The molecule has 1 N–H and O–H groups in total. The Morgan fingerprint density at radius 1 is 1.44 bits per heavy atom. The molecule has 2 fully saturated rings. The number of hydrogen-bond acceptors (Lipinski definition) is 4. The van der Waals surface area contributed by atoms with Gasteiger partial charge in [0.25, 0.3) is 0 Å². The summed E-state index contributed by atoms with van der Waals surface area (Å²) in [4.78, 5) is 16.9. The van der Waals surface area contributed by atoms with Crippen molar-refractivity contribution in [2.75, 3.05) is 36.5 Å². The Bertz CT molecular complexity index is 409. The summed E-state index contributed by atoms with van der Waals surface area (Å²) in [5.74, 6) is 1.52. The number of rotatable bonds is 3. The standard InChI is InChI=1S/C11H13N3O2/c15-8-12-9-2-1-3-10(13-9)14-4-11(5-14)6-16-7-11/h1-3,8H,4-7H2,(H,12,13,15). The quantitative estimate of drug-likeness (QED) is 0.751. The van der Waals surface area contributed by atoms with Crippen molar-refractivity contribution in [1.29, 1.82) is 0 Å². The van der Waals surface area contributed by atoms with E-state index in [1.54, 1.807) is 6.07 Å². The van der Waals surface area contributed by atoms with Crippen molar-refractivity contribution in [2.24, 2.45) is 5.41 Å². The summed E-state index contributed by atoms with van der Waals surface area (Å²) in [6.45, 7) is 3.75. The average Bonchev–Trinajstić information content (AvgIpc) is 2.14. The lowest BCUT2D eigenvalue weighted by Crippen LogP contribution is -2.66. The molecule has 5 nitrogen and oxygen atoms in total. The number of nitrogens with zero attached hydrogens (tertiary/aromatic N) is 2. The summed E-state index contributed by atoms with van der Waals surface area (Å²) in [5, 5.41) is 2.56. The molecular formula is C11H13N3O2. The Kier molecular flexibility index (Phi) is 2.07. The highest BCUT2D eigenvalue weighted by molar-refractivity contribution is 5.69. The lowest BCUT2D eigenvalue weighted by molar-refractivity contribution is -0.127. The molecule has 2 aliphatic rings. The smallest absolute Gasteiger partial charge is 0.212 e. The van der Waals surface area contributed by atoms with Crippen molar-refractivity contribution in [3.05, 3.63) is 18.2 Å². The number of amides is 1. The van der Waals surface area contributed by atoms with Crippen molar-refractivity contribution in [2.45, 2.75) is 0 Å². The maximum Gasteiger partial charge on any atom is 0.212 e. The molecule has 1 aromatic heterocycles. The van der Waals surface area contributed by atoms with Gasteiger partial charge < -0.3 is 15.0 Å². The van der Waals surface area contributed by atoms with Crippen LogP contribution in [0.5, 0.6) is 0 Å². The lowest BCUT2D eigenvalue weighted by atomic mass is 9.78. The molecular weight excluding hydrogens is 206 g/mol. The van der Waals surface area contributed by atoms with Crippen LogP contribution in [0, 0.1) is 5.41 Å². The third-order valence-electron chi connectivity index (χ3n) is 3.13. The van der Waals surface area contributed by atoms with Crippen LogP contribution in [0.25, 0.3) is 0 Å². The summed E-state index contributed by atoms with van der Waals surface area (Å²) >= 11 is 0. The summed E-state index contributed by atoms with van der Waals surface area (Å²) < 4.78 is 5.22. The van der Waals surface area contributed by atoms with E-state index in [9.17, 15) is 4.79 Å². The molecule has 0 saturated carbocycles. The number of anilines is 2. The predicted octanol–water partition coefficient (Wildman–Crippen LogP) is 0.486. The molecule has 5 heteroatoms. The molecule has 1 amide bonds.